The molecule has 0 aliphatic rings. The van der Waals surface area contributed by atoms with Crippen molar-refractivity contribution in [1.82, 2.24) is 10.3 Å². The van der Waals surface area contributed by atoms with Gasteiger partial charge in [0.2, 0.25) is 0 Å². The molecule has 0 saturated carbocycles. The van der Waals surface area contributed by atoms with Crippen molar-refractivity contribution in [2.24, 2.45) is 0 Å². The van der Waals surface area contributed by atoms with Crippen LogP contribution in [0.3, 0.4) is 0 Å². The molecular weight excluding hydrogens is 346 g/mol. The second-order valence-electron chi connectivity index (χ2n) is 6.05. The van der Waals surface area contributed by atoms with Gasteiger partial charge in [0.15, 0.2) is 0 Å². The zero-order valence-corrected chi connectivity index (χ0v) is 15.3. The largest absolute Gasteiger partial charge is 0.380 e. The maximum atomic E-state index is 12.4. The van der Waals surface area contributed by atoms with Gasteiger partial charge in [0.05, 0.1) is 11.3 Å². The van der Waals surface area contributed by atoms with E-state index in [1.807, 2.05) is 30.3 Å². The predicted molar refractivity (Wildman–Crippen MR) is 105 cm³/mol. The molecule has 1 amide bonds. The Bertz CT molecular complexity index is 894. The monoisotopic (exact) mass is 365 g/mol. The molecule has 2 aromatic carbocycles. The molecule has 0 spiro atoms. The van der Waals surface area contributed by atoms with Gasteiger partial charge in [-0.25, -0.2) is 0 Å². The van der Waals surface area contributed by atoms with Gasteiger partial charge in [0.1, 0.15) is 0 Å². The highest BCUT2D eigenvalue weighted by Gasteiger charge is 2.07. The number of amides is 1. The van der Waals surface area contributed by atoms with Crippen molar-refractivity contribution in [2.45, 2.75) is 20.0 Å². The molecule has 2 N–H and O–H groups in total. The van der Waals surface area contributed by atoms with Crippen molar-refractivity contribution < 1.29 is 4.79 Å². The molecule has 0 radical (unpaired) electrons. The van der Waals surface area contributed by atoms with E-state index >= 15 is 0 Å². The third-order valence-electron chi connectivity index (χ3n) is 4.11. The van der Waals surface area contributed by atoms with Crippen LogP contribution in [-0.4, -0.2) is 10.9 Å². The normalized spacial score (nSPS) is 10.4. The molecule has 0 fully saturated rings. The molecule has 26 heavy (non-hydrogen) atoms. The van der Waals surface area contributed by atoms with E-state index in [1.54, 1.807) is 24.5 Å². The number of aromatic nitrogens is 1. The smallest absolute Gasteiger partial charge is 0.253 e. The average molecular weight is 366 g/mol. The van der Waals surface area contributed by atoms with Crippen LogP contribution in [-0.2, 0) is 13.1 Å². The Kier molecular flexibility index (Phi) is 5.87. The van der Waals surface area contributed by atoms with Gasteiger partial charge in [-0.1, -0.05) is 48.0 Å². The fourth-order valence-electron chi connectivity index (χ4n) is 2.55. The summed E-state index contributed by atoms with van der Waals surface area (Å²) < 4.78 is 0. The zero-order chi connectivity index (χ0) is 18.4. The quantitative estimate of drug-likeness (QED) is 0.672. The first-order valence-corrected chi connectivity index (χ1v) is 8.76. The van der Waals surface area contributed by atoms with Gasteiger partial charge in [-0.3, -0.25) is 9.78 Å². The average Bonchev–Trinajstić information content (AvgIpc) is 2.67. The van der Waals surface area contributed by atoms with Crippen LogP contribution in [0.25, 0.3) is 0 Å². The highest BCUT2D eigenvalue weighted by Crippen LogP contribution is 2.13. The van der Waals surface area contributed by atoms with Crippen molar-refractivity contribution in [2.75, 3.05) is 5.32 Å². The number of aryl methyl sites for hydroxylation is 1. The Hall–Kier alpha value is -2.85. The van der Waals surface area contributed by atoms with E-state index in [-0.39, 0.29) is 5.91 Å². The lowest BCUT2D eigenvalue weighted by Crippen LogP contribution is -2.23. The zero-order valence-electron chi connectivity index (χ0n) is 14.5. The van der Waals surface area contributed by atoms with Crippen molar-refractivity contribution in [1.29, 1.82) is 0 Å². The minimum absolute atomic E-state index is 0.160. The standard InChI is InChI=1S/C21H20ClN3O/c1-15-4-2-3-5-17(15)13-24-20-10-18(12-23-14-20)21(26)25-11-16-6-8-19(22)9-7-16/h2-10,12,14,24H,11,13H2,1H3,(H,25,26). The van der Waals surface area contributed by atoms with E-state index in [2.05, 4.69) is 34.7 Å². The van der Waals surface area contributed by atoms with Crippen LogP contribution in [0.5, 0.6) is 0 Å². The highest BCUT2D eigenvalue weighted by atomic mass is 35.5. The van der Waals surface area contributed by atoms with E-state index in [1.165, 1.54) is 11.1 Å². The molecule has 3 aromatic rings. The SMILES string of the molecule is Cc1ccccc1CNc1cncc(C(=O)NCc2ccc(Cl)cc2)c1. The number of hydrogen-bond acceptors (Lipinski definition) is 3. The first-order valence-electron chi connectivity index (χ1n) is 8.38. The maximum absolute atomic E-state index is 12.4. The summed E-state index contributed by atoms with van der Waals surface area (Å²) in [6, 6.07) is 17.4. The minimum Gasteiger partial charge on any atom is -0.380 e. The minimum atomic E-state index is -0.160. The van der Waals surface area contributed by atoms with Crippen LogP contribution in [0, 0.1) is 6.92 Å². The van der Waals surface area contributed by atoms with Crippen LogP contribution in [0.15, 0.2) is 67.0 Å². The van der Waals surface area contributed by atoms with E-state index in [0.29, 0.717) is 23.7 Å². The molecule has 0 bridgehead atoms. The maximum Gasteiger partial charge on any atom is 0.253 e. The molecule has 1 heterocycles. The summed E-state index contributed by atoms with van der Waals surface area (Å²) in [6.07, 6.45) is 3.28. The van der Waals surface area contributed by atoms with Crippen LogP contribution >= 0.6 is 11.6 Å². The summed E-state index contributed by atoms with van der Waals surface area (Å²) >= 11 is 5.87. The van der Waals surface area contributed by atoms with Gasteiger partial charge >= 0.3 is 0 Å². The van der Waals surface area contributed by atoms with Crippen LogP contribution in [0.2, 0.25) is 5.02 Å². The number of carbonyl (C=O) groups is 1. The summed E-state index contributed by atoms with van der Waals surface area (Å²) in [5.74, 6) is -0.160. The second kappa shape index (κ2) is 8.50. The molecule has 0 unspecified atom stereocenters. The number of benzene rings is 2. The first-order chi connectivity index (χ1) is 12.6. The van der Waals surface area contributed by atoms with Gasteiger partial charge in [0.25, 0.3) is 5.91 Å². The van der Waals surface area contributed by atoms with Crippen molar-refractivity contribution in [3.8, 4) is 0 Å². The Morgan fingerprint density at radius 3 is 2.58 bits per heavy atom. The van der Waals surface area contributed by atoms with Crippen LogP contribution in [0.1, 0.15) is 27.0 Å². The number of hydrogen-bond donors (Lipinski definition) is 2. The van der Waals surface area contributed by atoms with Gasteiger partial charge in [-0.2, -0.15) is 0 Å². The predicted octanol–water partition coefficient (Wildman–Crippen LogP) is 4.59. The van der Waals surface area contributed by atoms with Gasteiger partial charge in [-0.05, 0) is 41.8 Å². The third kappa shape index (κ3) is 4.83. The summed E-state index contributed by atoms with van der Waals surface area (Å²) in [7, 11) is 0. The first kappa shape index (κ1) is 18.0. The molecule has 1 aromatic heterocycles. The number of carbonyl (C=O) groups excluding carboxylic acids is 1. The topological polar surface area (TPSA) is 54.0 Å². The van der Waals surface area contributed by atoms with E-state index in [4.69, 9.17) is 11.6 Å². The highest BCUT2D eigenvalue weighted by molar-refractivity contribution is 6.30. The Morgan fingerprint density at radius 1 is 1.04 bits per heavy atom. The fourth-order valence-corrected chi connectivity index (χ4v) is 2.68. The fraction of sp³-hybridized carbons (Fsp3) is 0.143. The lowest BCUT2D eigenvalue weighted by Gasteiger charge is -2.10. The number of nitrogens with zero attached hydrogens (tertiary/aromatic N) is 1. The molecular formula is C21H20ClN3O. The Morgan fingerprint density at radius 2 is 1.81 bits per heavy atom. The second-order valence-corrected chi connectivity index (χ2v) is 6.49. The molecule has 0 aliphatic heterocycles. The number of nitrogens with one attached hydrogen (secondary N) is 2. The summed E-state index contributed by atoms with van der Waals surface area (Å²) in [5, 5.41) is 6.89. The molecule has 5 heteroatoms. The summed E-state index contributed by atoms with van der Waals surface area (Å²) in [6.45, 7) is 3.21. The van der Waals surface area contributed by atoms with Gasteiger partial charge < -0.3 is 10.6 Å². The lowest BCUT2D eigenvalue weighted by atomic mass is 10.1. The van der Waals surface area contributed by atoms with Crippen molar-refractivity contribution >= 4 is 23.2 Å². The van der Waals surface area contributed by atoms with Crippen LogP contribution in [0.4, 0.5) is 5.69 Å². The van der Waals surface area contributed by atoms with E-state index < -0.39 is 0 Å². The van der Waals surface area contributed by atoms with Crippen molar-refractivity contribution in [3.05, 3.63) is 94.3 Å². The Balaban J connectivity index is 1.60. The summed E-state index contributed by atoms with van der Waals surface area (Å²) in [4.78, 5) is 16.5. The summed E-state index contributed by atoms with van der Waals surface area (Å²) in [5.41, 5.74) is 4.76. The third-order valence-corrected chi connectivity index (χ3v) is 4.36. The molecule has 0 saturated heterocycles. The molecule has 3 rings (SSSR count). The number of rotatable bonds is 6. The number of pyridine rings is 1. The van der Waals surface area contributed by atoms with E-state index in [9.17, 15) is 4.79 Å². The number of halogens is 1. The molecule has 0 atom stereocenters. The Labute approximate surface area is 158 Å². The van der Waals surface area contributed by atoms with Gasteiger partial charge in [-0.15, -0.1) is 0 Å². The van der Waals surface area contributed by atoms with Crippen molar-refractivity contribution in [3.63, 3.8) is 0 Å². The lowest BCUT2D eigenvalue weighted by molar-refractivity contribution is 0.0950. The van der Waals surface area contributed by atoms with E-state index in [0.717, 1.165) is 11.3 Å². The molecule has 4 nitrogen and oxygen atoms in total. The number of anilines is 1. The molecule has 0 aliphatic carbocycles. The molecule has 132 valence electrons. The van der Waals surface area contributed by atoms with Gasteiger partial charge in [0, 0.05) is 30.5 Å². The van der Waals surface area contributed by atoms with Crippen LogP contribution < -0.4 is 10.6 Å².